The summed E-state index contributed by atoms with van der Waals surface area (Å²) >= 11 is 11.8. The van der Waals surface area contributed by atoms with E-state index in [0.29, 0.717) is 16.1 Å². The van der Waals surface area contributed by atoms with Crippen molar-refractivity contribution in [2.24, 2.45) is 5.10 Å². The molecular weight excluding hydrogens is 487 g/mol. The van der Waals surface area contributed by atoms with Crippen molar-refractivity contribution in [3.05, 3.63) is 87.4 Å². The maximum Gasteiger partial charge on any atom is 0.339 e. The number of halogens is 2. The van der Waals surface area contributed by atoms with Crippen molar-refractivity contribution in [2.75, 3.05) is 6.61 Å². The Morgan fingerprint density at radius 3 is 2.39 bits per heavy atom. The predicted molar refractivity (Wildman–Crippen MR) is 128 cm³/mol. The summed E-state index contributed by atoms with van der Waals surface area (Å²) < 4.78 is 36.1. The molecule has 172 valence electrons. The van der Waals surface area contributed by atoms with Gasteiger partial charge >= 0.3 is 10.1 Å². The molecule has 1 N–H and O–H groups in total. The van der Waals surface area contributed by atoms with Gasteiger partial charge in [0.25, 0.3) is 5.91 Å². The van der Waals surface area contributed by atoms with Crippen LogP contribution in [0.5, 0.6) is 11.5 Å². The fourth-order valence-electron chi connectivity index (χ4n) is 2.68. The summed E-state index contributed by atoms with van der Waals surface area (Å²) in [6.45, 7) is 3.91. The summed E-state index contributed by atoms with van der Waals surface area (Å²) in [5.41, 5.74) is 4.16. The Labute approximate surface area is 202 Å². The number of carbonyl (C=O) groups excluding carboxylic acids is 1. The molecule has 0 bridgehead atoms. The number of amides is 1. The average molecular weight is 507 g/mol. The Balaban J connectivity index is 1.75. The minimum atomic E-state index is -4.04. The minimum Gasteiger partial charge on any atom is -0.490 e. The summed E-state index contributed by atoms with van der Waals surface area (Å²) in [5.74, 6) is -0.221. The van der Waals surface area contributed by atoms with Gasteiger partial charge in [-0.1, -0.05) is 40.9 Å². The van der Waals surface area contributed by atoms with Crippen LogP contribution in [0.25, 0.3) is 0 Å². The molecule has 0 aliphatic heterocycles. The number of nitrogens with one attached hydrogen (secondary N) is 1. The summed E-state index contributed by atoms with van der Waals surface area (Å²) in [5, 5.41) is 4.51. The van der Waals surface area contributed by atoms with E-state index in [0.717, 1.165) is 5.56 Å². The van der Waals surface area contributed by atoms with Crippen molar-refractivity contribution >= 4 is 45.4 Å². The van der Waals surface area contributed by atoms with Gasteiger partial charge in [0.05, 0.1) is 22.9 Å². The van der Waals surface area contributed by atoms with E-state index in [2.05, 4.69) is 10.5 Å². The lowest BCUT2D eigenvalue weighted by atomic mass is 10.2. The monoisotopic (exact) mass is 506 g/mol. The second-order valence-electron chi connectivity index (χ2n) is 6.82. The van der Waals surface area contributed by atoms with Crippen LogP contribution in [0, 0.1) is 6.92 Å². The number of hydrogen-bond acceptors (Lipinski definition) is 6. The smallest absolute Gasteiger partial charge is 0.339 e. The lowest BCUT2D eigenvalue weighted by Gasteiger charge is -2.12. The largest absolute Gasteiger partial charge is 0.490 e. The standard InChI is InChI=1S/C23H20Cl2N2O5S/c1-3-31-22-12-16(14-26-27-23(28)17-7-10-19(24)20(25)13-17)6-11-21(22)32-33(29,30)18-8-4-15(2)5-9-18/h4-14H,3H2,1-2H3,(H,27,28)/b26-14-. The van der Waals surface area contributed by atoms with E-state index in [4.69, 9.17) is 32.1 Å². The van der Waals surface area contributed by atoms with Crippen LogP contribution in [0.1, 0.15) is 28.4 Å². The van der Waals surface area contributed by atoms with Crippen LogP contribution in [-0.2, 0) is 10.1 Å². The molecule has 3 aromatic carbocycles. The molecule has 0 unspecified atom stereocenters. The van der Waals surface area contributed by atoms with E-state index >= 15 is 0 Å². The second kappa shape index (κ2) is 10.7. The van der Waals surface area contributed by atoms with Gasteiger partial charge < -0.3 is 8.92 Å². The topological polar surface area (TPSA) is 94.1 Å². The van der Waals surface area contributed by atoms with E-state index in [1.165, 1.54) is 42.6 Å². The highest BCUT2D eigenvalue weighted by atomic mass is 35.5. The number of carbonyl (C=O) groups is 1. The van der Waals surface area contributed by atoms with E-state index < -0.39 is 16.0 Å². The molecule has 7 nitrogen and oxygen atoms in total. The molecule has 3 aromatic rings. The zero-order valence-corrected chi connectivity index (χ0v) is 20.0. The molecule has 0 heterocycles. The maximum atomic E-state index is 12.6. The van der Waals surface area contributed by atoms with Gasteiger partial charge in [0, 0.05) is 5.56 Å². The van der Waals surface area contributed by atoms with Crippen LogP contribution in [0.4, 0.5) is 0 Å². The number of benzene rings is 3. The highest BCUT2D eigenvalue weighted by Gasteiger charge is 2.19. The highest BCUT2D eigenvalue weighted by Crippen LogP contribution is 2.31. The van der Waals surface area contributed by atoms with E-state index in [1.54, 1.807) is 31.2 Å². The van der Waals surface area contributed by atoms with Crippen LogP contribution in [-0.4, -0.2) is 27.1 Å². The number of hydrogen-bond donors (Lipinski definition) is 1. The van der Waals surface area contributed by atoms with E-state index in [9.17, 15) is 13.2 Å². The lowest BCUT2D eigenvalue weighted by molar-refractivity contribution is 0.0955. The fraction of sp³-hybridized carbons (Fsp3) is 0.130. The van der Waals surface area contributed by atoms with Gasteiger partial charge in [-0.2, -0.15) is 13.5 Å². The van der Waals surface area contributed by atoms with Crippen molar-refractivity contribution in [1.82, 2.24) is 5.43 Å². The molecule has 33 heavy (non-hydrogen) atoms. The number of hydrazone groups is 1. The predicted octanol–water partition coefficient (Wildman–Crippen LogP) is 5.23. The van der Waals surface area contributed by atoms with Crippen molar-refractivity contribution in [3.8, 4) is 11.5 Å². The van der Waals surface area contributed by atoms with Crippen LogP contribution < -0.4 is 14.3 Å². The Bertz CT molecular complexity index is 1290. The lowest BCUT2D eigenvalue weighted by Crippen LogP contribution is -2.17. The molecule has 0 saturated heterocycles. The minimum absolute atomic E-state index is 0.0335. The normalized spacial score (nSPS) is 11.4. The van der Waals surface area contributed by atoms with Crippen LogP contribution in [0.15, 0.2) is 70.7 Å². The van der Waals surface area contributed by atoms with Crippen LogP contribution in [0.3, 0.4) is 0 Å². The summed E-state index contributed by atoms with van der Waals surface area (Å²) in [7, 11) is -4.04. The van der Waals surface area contributed by atoms with Crippen molar-refractivity contribution in [2.45, 2.75) is 18.7 Å². The quantitative estimate of drug-likeness (QED) is 0.256. The molecule has 0 aliphatic rings. The molecule has 0 aromatic heterocycles. The van der Waals surface area contributed by atoms with Gasteiger partial charge in [0.2, 0.25) is 0 Å². The Hall–Kier alpha value is -3.07. The Kier molecular flexibility index (Phi) is 7.97. The second-order valence-corrected chi connectivity index (χ2v) is 9.18. The summed E-state index contributed by atoms with van der Waals surface area (Å²) in [6, 6.07) is 15.4. The third-order valence-corrected chi connectivity index (χ3v) is 6.33. The molecular formula is C23H20Cl2N2O5S. The van der Waals surface area contributed by atoms with E-state index in [-0.39, 0.29) is 28.0 Å². The SMILES string of the molecule is CCOc1cc(/C=N\NC(=O)c2ccc(Cl)c(Cl)c2)ccc1OS(=O)(=O)c1ccc(C)cc1. The number of ether oxygens (including phenoxy) is 1. The molecule has 3 rings (SSSR count). The number of nitrogens with zero attached hydrogens (tertiary/aromatic N) is 1. The molecule has 0 radical (unpaired) electrons. The Morgan fingerprint density at radius 1 is 1.00 bits per heavy atom. The first kappa shape index (κ1) is 24.6. The first-order chi connectivity index (χ1) is 15.7. The van der Waals surface area contributed by atoms with Gasteiger partial charge in [-0.15, -0.1) is 0 Å². The average Bonchev–Trinajstić information content (AvgIpc) is 2.77. The Morgan fingerprint density at radius 2 is 1.73 bits per heavy atom. The molecule has 0 saturated carbocycles. The third kappa shape index (κ3) is 6.47. The van der Waals surface area contributed by atoms with Crippen molar-refractivity contribution < 1.29 is 22.1 Å². The molecule has 0 fully saturated rings. The van der Waals surface area contributed by atoms with E-state index in [1.807, 2.05) is 6.92 Å². The first-order valence-corrected chi connectivity index (χ1v) is 11.9. The number of aryl methyl sites for hydroxylation is 1. The van der Waals surface area contributed by atoms with Crippen LogP contribution in [0.2, 0.25) is 10.0 Å². The van der Waals surface area contributed by atoms with Gasteiger partial charge in [-0.25, -0.2) is 5.43 Å². The zero-order valence-electron chi connectivity index (χ0n) is 17.7. The van der Waals surface area contributed by atoms with Gasteiger partial charge in [0.1, 0.15) is 4.90 Å². The van der Waals surface area contributed by atoms with Gasteiger partial charge in [-0.3, -0.25) is 4.79 Å². The first-order valence-electron chi connectivity index (χ1n) is 9.76. The fourth-order valence-corrected chi connectivity index (χ4v) is 3.92. The van der Waals surface area contributed by atoms with Gasteiger partial charge in [0.15, 0.2) is 11.5 Å². The summed E-state index contributed by atoms with van der Waals surface area (Å²) in [6.07, 6.45) is 1.39. The molecule has 1 amide bonds. The summed E-state index contributed by atoms with van der Waals surface area (Å²) in [4.78, 5) is 12.2. The van der Waals surface area contributed by atoms with Gasteiger partial charge in [-0.05, 0) is 67.9 Å². The highest BCUT2D eigenvalue weighted by molar-refractivity contribution is 7.87. The van der Waals surface area contributed by atoms with Crippen molar-refractivity contribution in [3.63, 3.8) is 0 Å². The maximum absolute atomic E-state index is 12.6. The third-order valence-electron chi connectivity index (χ3n) is 4.34. The molecule has 0 aliphatic carbocycles. The zero-order chi connectivity index (χ0) is 24.0. The van der Waals surface area contributed by atoms with Crippen molar-refractivity contribution in [1.29, 1.82) is 0 Å². The number of rotatable bonds is 8. The molecule has 10 heteroatoms. The molecule has 0 spiro atoms. The van der Waals surface area contributed by atoms with Crippen LogP contribution >= 0.6 is 23.2 Å². The molecule has 0 atom stereocenters.